The first-order valence-corrected chi connectivity index (χ1v) is 8.86. The zero-order chi connectivity index (χ0) is 16.2. The Bertz CT molecular complexity index is 683. The minimum Gasteiger partial charge on any atom is -0.497 e. The van der Waals surface area contributed by atoms with Gasteiger partial charge in [0, 0.05) is 30.1 Å². The summed E-state index contributed by atoms with van der Waals surface area (Å²) in [5.41, 5.74) is 2.08. The van der Waals surface area contributed by atoms with Crippen LogP contribution in [0.5, 0.6) is 5.75 Å². The van der Waals surface area contributed by atoms with Crippen molar-refractivity contribution in [3.8, 4) is 5.75 Å². The lowest BCUT2D eigenvalue weighted by atomic mass is 9.98. The van der Waals surface area contributed by atoms with Crippen LogP contribution in [0.4, 0.5) is 0 Å². The number of rotatable bonds is 4. The van der Waals surface area contributed by atoms with Gasteiger partial charge >= 0.3 is 0 Å². The van der Waals surface area contributed by atoms with Crippen LogP contribution < -0.4 is 4.74 Å². The van der Waals surface area contributed by atoms with Crippen LogP contribution in [0.2, 0.25) is 0 Å². The number of carbonyl (C=O) groups is 1. The van der Waals surface area contributed by atoms with Crippen molar-refractivity contribution in [3.63, 3.8) is 0 Å². The summed E-state index contributed by atoms with van der Waals surface area (Å²) in [6.45, 7) is 3.66. The van der Waals surface area contributed by atoms with Crippen LogP contribution >= 0.6 is 11.3 Å². The zero-order valence-electron chi connectivity index (χ0n) is 13.6. The van der Waals surface area contributed by atoms with Gasteiger partial charge in [0.2, 0.25) is 5.91 Å². The van der Waals surface area contributed by atoms with E-state index in [0.29, 0.717) is 12.3 Å². The maximum absolute atomic E-state index is 12.6. The van der Waals surface area contributed by atoms with Crippen molar-refractivity contribution >= 4 is 17.2 Å². The molecular formula is C18H22N2O2S. The Morgan fingerprint density at radius 3 is 3.09 bits per heavy atom. The van der Waals surface area contributed by atoms with Gasteiger partial charge in [-0.2, -0.15) is 0 Å². The normalized spacial score (nSPS) is 18.0. The maximum atomic E-state index is 12.6. The fourth-order valence-electron chi connectivity index (χ4n) is 3.03. The summed E-state index contributed by atoms with van der Waals surface area (Å²) >= 11 is 1.71. The van der Waals surface area contributed by atoms with E-state index in [2.05, 4.69) is 10.4 Å². The first-order valence-electron chi connectivity index (χ1n) is 7.98. The Kier molecular flexibility index (Phi) is 4.96. The molecule has 1 saturated heterocycles. The molecule has 0 saturated carbocycles. The molecule has 0 N–H and O–H groups in total. The lowest BCUT2D eigenvalue weighted by Crippen LogP contribution is -2.39. The van der Waals surface area contributed by atoms with Gasteiger partial charge in [-0.05, 0) is 37.5 Å². The second-order valence-electron chi connectivity index (χ2n) is 6.03. The number of likely N-dealkylation sites (tertiary alicyclic amines) is 1. The van der Waals surface area contributed by atoms with Crippen LogP contribution in [-0.2, 0) is 11.2 Å². The van der Waals surface area contributed by atoms with E-state index in [1.807, 2.05) is 36.1 Å². The minimum atomic E-state index is 0.191. The molecule has 4 nitrogen and oxygen atoms in total. The smallest absolute Gasteiger partial charge is 0.227 e. The molecular weight excluding hydrogens is 308 g/mol. The van der Waals surface area contributed by atoms with Crippen LogP contribution in [0.25, 0.3) is 0 Å². The Morgan fingerprint density at radius 2 is 2.35 bits per heavy atom. The van der Waals surface area contributed by atoms with Crippen molar-refractivity contribution in [2.45, 2.75) is 32.1 Å². The summed E-state index contributed by atoms with van der Waals surface area (Å²) in [5, 5.41) is 3.26. The van der Waals surface area contributed by atoms with Crippen molar-refractivity contribution in [1.29, 1.82) is 0 Å². The molecule has 23 heavy (non-hydrogen) atoms. The molecule has 0 aliphatic carbocycles. The highest BCUT2D eigenvalue weighted by atomic mass is 32.1. The number of amides is 1. The number of ether oxygens (including phenoxy) is 1. The molecule has 3 rings (SSSR count). The van der Waals surface area contributed by atoms with Crippen LogP contribution in [0.1, 0.15) is 35.0 Å². The number of hydrogen-bond acceptors (Lipinski definition) is 4. The molecule has 0 unspecified atom stereocenters. The van der Waals surface area contributed by atoms with Gasteiger partial charge in [-0.25, -0.2) is 4.98 Å². The highest BCUT2D eigenvalue weighted by Crippen LogP contribution is 2.29. The van der Waals surface area contributed by atoms with Crippen molar-refractivity contribution in [3.05, 3.63) is 45.9 Å². The quantitative estimate of drug-likeness (QED) is 0.863. The number of aryl methyl sites for hydroxylation is 1. The molecule has 1 fully saturated rings. The fraction of sp³-hybridized carbons (Fsp3) is 0.444. The monoisotopic (exact) mass is 330 g/mol. The summed E-state index contributed by atoms with van der Waals surface area (Å²) < 4.78 is 5.23. The van der Waals surface area contributed by atoms with Gasteiger partial charge < -0.3 is 9.64 Å². The van der Waals surface area contributed by atoms with Gasteiger partial charge in [0.25, 0.3) is 0 Å². The first-order chi connectivity index (χ1) is 11.2. The van der Waals surface area contributed by atoms with E-state index in [1.54, 1.807) is 18.4 Å². The molecule has 1 aromatic carbocycles. The number of thiazole rings is 1. The second-order valence-corrected chi connectivity index (χ2v) is 6.92. The molecule has 0 spiro atoms. The molecule has 0 radical (unpaired) electrons. The molecule has 2 heterocycles. The van der Waals surface area contributed by atoms with Gasteiger partial charge in [0.05, 0.1) is 18.5 Å². The SMILES string of the molecule is COc1cccc(CC(=O)N2CCC[C@@H](c3nc(C)cs3)C2)c1. The number of carbonyl (C=O) groups excluding carboxylic acids is 1. The number of aromatic nitrogens is 1. The third-order valence-corrected chi connectivity index (χ3v) is 5.37. The number of methoxy groups -OCH3 is 1. The number of hydrogen-bond donors (Lipinski definition) is 0. The average molecular weight is 330 g/mol. The van der Waals surface area contributed by atoms with Crippen molar-refractivity contribution < 1.29 is 9.53 Å². The molecule has 1 aliphatic heterocycles. The second kappa shape index (κ2) is 7.13. The van der Waals surface area contributed by atoms with Gasteiger partial charge in [0.15, 0.2) is 0 Å². The van der Waals surface area contributed by atoms with Gasteiger partial charge in [-0.15, -0.1) is 11.3 Å². The van der Waals surface area contributed by atoms with Gasteiger partial charge in [-0.3, -0.25) is 4.79 Å². The van der Waals surface area contributed by atoms with Gasteiger partial charge in [-0.1, -0.05) is 12.1 Å². The number of piperidine rings is 1. The third kappa shape index (κ3) is 3.91. The molecule has 0 bridgehead atoms. The van der Waals surface area contributed by atoms with Crippen molar-refractivity contribution in [2.24, 2.45) is 0 Å². The van der Waals surface area contributed by atoms with Crippen LogP contribution in [0.3, 0.4) is 0 Å². The predicted molar refractivity (Wildman–Crippen MR) is 92.1 cm³/mol. The van der Waals surface area contributed by atoms with E-state index < -0.39 is 0 Å². The molecule has 1 aliphatic rings. The Hall–Kier alpha value is -1.88. The molecule has 122 valence electrons. The highest BCUT2D eigenvalue weighted by molar-refractivity contribution is 7.09. The van der Waals surface area contributed by atoms with Crippen LogP contribution in [0, 0.1) is 6.92 Å². The van der Waals surface area contributed by atoms with E-state index in [1.165, 1.54) is 5.01 Å². The summed E-state index contributed by atoms with van der Waals surface area (Å²) in [7, 11) is 1.65. The van der Waals surface area contributed by atoms with Gasteiger partial charge in [0.1, 0.15) is 5.75 Å². The lowest BCUT2D eigenvalue weighted by Gasteiger charge is -2.32. The van der Waals surface area contributed by atoms with E-state index in [9.17, 15) is 4.79 Å². The zero-order valence-corrected chi connectivity index (χ0v) is 14.4. The van der Waals surface area contributed by atoms with E-state index >= 15 is 0 Å². The Balaban J connectivity index is 1.64. The number of nitrogens with zero attached hydrogens (tertiary/aromatic N) is 2. The Morgan fingerprint density at radius 1 is 1.48 bits per heavy atom. The predicted octanol–water partition coefficient (Wildman–Crippen LogP) is 3.41. The molecule has 1 atom stereocenters. The van der Waals surface area contributed by atoms with E-state index in [4.69, 9.17) is 4.74 Å². The summed E-state index contributed by atoms with van der Waals surface area (Å²) in [6, 6.07) is 7.74. The molecule has 2 aromatic rings. The third-order valence-electron chi connectivity index (χ3n) is 4.25. The lowest BCUT2D eigenvalue weighted by molar-refractivity contribution is -0.131. The van der Waals surface area contributed by atoms with Crippen molar-refractivity contribution in [2.75, 3.05) is 20.2 Å². The largest absolute Gasteiger partial charge is 0.497 e. The highest BCUT2D eigenvalue weighted by Gasteiger charge is 2.26. The fourth-order valence-corrected chi connectivity index (χ4v) is 3.96. The maximum Gasteiger partial charge on any atom is 0.227 e. The minimum absolute atomic E-state index is 0.191. The van der Waals surface area contributed by atoms with Crippen molar-refractivity contribution in [1.82, 2.24) is 9.88 Å². The topological polar surface area (TPSA) is 42.4 Å². The first kappa shape index (κ1) is 16.0. The standard InChI is InChI=1S/C18H22N2O2S/c1-13-12-23-18(19-13)15-6-4-8-20(11-15)17(21)10-14-5-3-7-16(9-14)22-2/h3,5,7,9,12,15H,4,6,8,10-11H2,1-2H3/t15-/m1/s1. The summed E-state index contributed by atoms with van der Waals surface area (Å²) in [4.78, 5) is 19.2. The summed E-state index contributed by atoms with van der Waals surface area (Å²) in [6.07, 6.45) is 2.60. The Labute approximate surface area is 141 Å². The molecule has 5 heteroatoms. The number of benzene rings is 1. The average Bonchev–Trinajstić information content (AvgIpc) is 3.01. The summed E-state index contributed by atoms with van der Waals surface area (Å²) in [5.74, 6) is 1.37. The van der Waals surface area contributed by atoms with Crippen LogP contribution in [-0.4, -0.2) is 36.0 Å². The molecule has 1 amide bonds. The van der Waals surface area contributed by atoms with E-state index in [0.717, 1.165) is 42.9 Å². The van der Waals surface area contributed by atoms with Crippen LogP contribution in [0.15, 0.2) is 29.6 Å². The van der Waals surface area contributed by atoms with E-state index in [-0.39, 0.29) is 5.91 Å². The molecule has 1 aromatic heterocycles.